The minimum atomic E-state index is -0.165. The minimum Gasteiger partial charge on any atom is -0.393 e. The summed E-state index contributed by atoms with van der Waals surface area (Å²) in [4.78, 5) is 6.05. The number of aliphatic hydroxyl groups is 1. The highest BCUT2D eigenvalue weighted by Crippen LogP contribution is 2.25. The molecule has 100 valence electrons. The highest BCUT2D eigenvalue weighted by molar-refractivity contribution is 5.16. The van der Waals surface area contributed by atoms with E-state index >= 15 is 0 Å². The van der Waals surface area contributed by atoms with Crippen LogP contribution >= 0.6 is 0 Å². The Balaban J connectivity index is 1.96. The molecule has 1 N–H and O–H groups in total. The van der Waals surface area contributed by atoms with E-state index in [-0.39, 0.29) is 12.2 Å². The average Bonchev–Trinajstić information content (AvgIpc) is 2.41. The molecule has 1 heterocycles. The van der Waals surface area contributed by atoms with E-state index in [9.17, 15) is 5.11 Å². The lowest BCUT2D eigenvalue weighted by Crippen LogP contribution is -2.44. The van der Waals surface area contributed by atoms with E-state index in [1.165, 1.54) is 5.56 Å². The Kier molecular flexibility index (Phi) is 4.75. The van der Waals surface area contributed by atoms with E-state index in [2.05, 4.69) is 31.0 Å². The predicted octanol–water partition coefficient (Wildman–Crippen LogP) is 2.91. The van der Waals surface area contributed by atoms with Crippen LogP contribution in [0.15, 0.2) is 30.3 Å². The van der Waals surface area contributed by atoms with Crippen LogP contribution < -0.4 is 0 Å². The molecule has 1 saturated heterocycles. The van der Waals surface area contributed by atoms with Crippen LogP contribution in [0.1, 0.15) is 44.8 Å². The second kappa shape index (κ2) is 6.32. The lowest BCUT2D eigenvalue weighted by molar-refractivity contribution is -0.238. The van der Waals surface area contributed by atoms with Gasteiger partial charge in [0.25, 0.3) is 0 Å². The molecule has 1 aromatic carbocycles. The first kappa shape index (κ1) is 13.5. The SMILES string of the molecule is CCC1CC(O)CCN1OC(C)c1ccccc1. The van der Waals surface area contributed by atoms with Gasteiger partial charge in [-0.15, -0.1) is 0 Å². The molecule has 1 aliphatic heterocycles. The Morgan fingerprint density at radius 1 is 1.39 bits per heavy atom. The highest BCUT2D eigenvalue weighted by Gasteiger charge is 2.28. The van der Waals surface area contributed by atoms with Crippen molar-refractivity contribution in [3.63, 3.8) is 0 Å². The summed E-state index contributed by atoms with van der Waals surface area (Å²) >= 11 is 0. The van der Waals surface area contributed by atoms with Crippen molar-refractivity contribution in [1.82, 2.24) is 5.06 Å². The molecule has 0 bridgehead atoms. The fourth-order valence-electron chi connectivity index (χ4n) is 2.51. The van der Waals surface area contributed by atoms with Gasteiger partial charge in [0.2, 0.25) is 0 Å². The number of hydroxylamine groups is 2. The fraction of sp³-hybridized carbons (Fsp3) is 0.600. The third-order valence-electron chi connectivity index (χ3n) is 3.67. The molecule has 18 heavy (non-hydrogen) atoms. The summed E-state index contributed by atoms with van der Waals surface area (Å²) in [6.07, 6.45) is 2.53. The van der Waals surface area contributed by atoms with Gasteiger partial charge >= 0.3 is 0 Å². The molecule has 0 saturated carbocycles. The van der Waals surface area contributed by atoms with Crippen LogP contribution in [0.5, 0.6) is 0 Å². The first-order valence-electron chi connectivity index (χ1n) is 6.87. The Hall–Kier alpha value is -0.900. The van der Waals surface area contributed by atoms with Crippen LogP contribution in [0.25, 0.3) is 0 Å². The lowest BCUT2D eigenvalue weighted by atomic mass is 10.00. The number of hydrogen-bond acceptors (Lipinski definition) is 3. The Morgan fingerprint density at radius 3 is 2.78 bits per heavy atom. The number of benzene rings is 1. The van der Waals surface area contributed by atoms with E-state index in [0.29, 0.717) is 6.04 Å². The van der Waals surface area contributed by atoms with Gasteiger partial charge in [-0.05, 0) is 31.7 Å². The van der Waals surface area contributed by atoms with Gasteiger partial charge in [-0.3, -0.25) is 4.84 Å². The molecule has 0 radical (unpaired) electrons. The fourth-order valence-corrected chi connectivity index (χ4v) is 2.51. The van der Waals surface area contributed by atoms with Crippen molar-refractivity contribution >= 4 is 0 Å². The lowest BCUT2D eigenvalue weighted by Gasteiger charge is -2.38. The predicted molar refractivity (Wildman–Crippen MR) is 72.0 cm³/mol. The van der Waals surface area contributed by atoms with Gasteiger partial charge in [-0.2, -0.15) is 5.06 Å². The van der Waals surface area contributed by atoms with E-state index in [1.54, 1.807) is 0 Å². The second-order valence-corrected chi connectivity index (χ2v) is 5.04. The van der Waals surface area contributed by atoms with Gasteiger partial charge in [0, 0.05) is 12.6 Å². The molecule has 0 aliphatic carbocycles. The Bertz CT molecular complexity index is 355. The van der Waals surface area contributed by atoms with Gasteiger partial charge < -0.3 is 5.11 Å². The van der Waals surface area contributed by atoms with Gasteiger partial charge in [0.1, 0.15) is 6.10 Å². The van der Waals surface area contributed by atoms with Crippen LogP contribution in [-0.2, 0) is 4.84 Å². The standard InChI is InChI=1S/C15H23NO2/c1-3-14-11-15(17)9-10-16(14)18-12(2)13-7-5-4-6-8-13/h4-8,12,14-15,17H,3,9-11H2,1-2H3. The summed E-state index contributed by atoms with van der Waals surface area (Å²) in [6, 6.07) is 10.6. The first-order chi connectivity index (χ1) is 8.70. The van der Waals surface area contributed by atoms with E-state index in [1.807, 2.05) is 18.2 Å². The van der Waals surface area contributed by atoms with E-state index in [4.69, 9.17) is 4.84 Å². The maximum absolute atomic E-state index is 9.70. The molecule has 0 aromatic heterocycles. The summed E-state index contributed by atoms with van der Waals surface area (Å²) in [5, 5.41) is 11.8. The second-order valence-electron chi connectivity index (χ2n) is 5.04. The summed E-state index contributed by atoms with van der Waals surface area (Å²) < 4.78 is 0. The molecule has 1 aliphatic rings. The van der Waals surface area contributed by atoms with Crippen LogP contribution in [0.3, 0.4) is 0 Å². The molecule has 1 aromatic rings. The third kappa shape index (κ3) is 3.31. The summed E-state index contributed by atoms with van der Waals surface area (Å²) in [5.41, 5.74) is 1.19. The van der Waals surface area contributed by atoms with Crippen LogP contribution in [0, 0.1) is 0 Å². The van der Waals surface area contributed by atoms with Gasteiger partial charge in [-0.1, -0.05) is 37.3 Å². The third-order valence-corrected chi connectivity index (χ3v) is 3.67. The summed E-state index contributed by atoms with van der Waals surface area (Å²) in [6.45, 7) is 5.04. The highest BCUT2D eigenvalue weighted by atomic mass is 16.7. The van der Waals surface area contributed by atoms with Crippen molar-refractivity contribution in [2.24, 2.45) is 0 Å². The monoisotopic (exact) mass is 249 g/mol. The maximum Gasteiger partial charge on any atom is 0.101 e. The molecule has 0 spiro atoms. The largest absolute Gasteiger partial charge is 0.393 e. The van der Waals surface area contributed by atoms with Crippen molar-refractivity contribution in [3.8, 4) is 0 Å². The molecule has 0 amide bonds. The van der Waals surface area contributed by atoms with Crippen molar-refractivity contribution in [2.45, 2.75) is 51.4 Å². The maximum atomic E-state index is 9.70. The Labute approximate surface area is 109 Å². The number of aliphatic hydroxyl groups excluding tert-OH is 1. The smallest absolute Gasteiger partial charge is 0.101 e. The number of nitrogens with zero attached hydrogens (tertiary/aromatic N) is 1. The van der Waals surface area contributed by atoms with Crippen molar-refractivity contribution < 1.29 is 9.94 Å². The number of piperidine rings is 1. The van der Waals surface area contributed by atoms with Crippen LogP contribution in [-0.4, -0.2) is 28.9 Å². The topological polar surface area (TPSA) is 32.7 Å². The zero-order chi connectivity index (χ0) is 13.0. The molecular formula is C15H23NO2. The van der Waals surface area contributed by atoms with E-state index in [0.717, 1.165) is 25.8 Å². The first-order valence-corrected chi connectivity index (χ1v) is 6.87. The minimum absolute atomic E-state index is 0.0653. The van der Waals surface area contributed by atoms with Gasteiger partial charge in [0.05, 0.1) is 6.10 Å². The van der Waals surface area contributed by atoms with Crippen LogP contribution in [0.2, 0.25) is 0 Å². The molecular weight excluding hydrogens is 226 g/mol. The molecule has 3 unspecified atom stereocenters. The van der Waals surface area contributed by atoms with Crippen molar-refractivity contribution in [1.29, 1.82) is 0 Å². The van der Waals surface area contributed by atoms with Gasteiger partial charge in [-0.25, -0.2) is 0 Å². The number of rotatable bonds is 4. The average molecular weight is 249 g/mol. The van der Waals surface area contributed by atoms with E-state index < -0.39 is 0 Å². The summed E-state index contributed by atoms with van der Waals surface area (Å²) in [5.74, 6) is 0. The van der Waals surface area contributed by atoms with Gasteiger partial charge in [0.15, 0.2) is 0 Å². The van der Waals surface area contributed by atoms with Crippen LogP contribution in [0.4, 0.5) is 0 Å². The molecule has 1 fully saturated rings. The quantitative estimate of drug-likeness (QED) is 0.890. The summed E-state index contributed by atoms with van der Waals surface area (Å²) in [7, 11) is 0. The zero-order valence-corrected chi connectivity index (χ0v) is 11.2. The molecule has 3 nitrogen and oxygen atoms in total. The number of hydrogen-bond donors (Lipinski definition) is 1. The molecule has 3 heteroatoms. The molecule has 3 atom stereocenters. The molecule has 2 rings (SSSR count). The Morgan fingerprint density at radius 2 is 2.11 bits per heavy atom. The normalized spacial score (nSPS) is 27.1. The zero-order valence-electron chi connectivity index (χ0n) is 11.2. The van der Waals surface area contributed by atoms with Crippen molar-refractivity contribution in [3.05, 3.63) is 35.9 Å². The van der Waals surface area contributed by atoms with Crippen molar-refractivity contribution in [2.75, 3.05) is 6.54 Å².